The zero-order valence-corrected chi connectivity index (χ0v) is 61.7. The quantitative estimate of drug-likeness (QED) is 0.0951. The largest absolute Gasteiger partial charge is 0.334 e. The highest BCUT2D eigenvalue weighted by Gasteiger charge is 2.51. The molecule has 0 amide bonds. The number of rotatable bonds is 11. The number of hydrogen-bond donors (Lipinski definition) is 0. The SMILES string of the molecule is C1=CCC(C2=CCCC(C3=CCCCC3)C2N2c3ccc(-c4ccc5c(c4)c4ccccc4n5-c4ccccc4)cc3B3c4ccc(-n5c6ccccc6c6ccccc65)cc4N(C4C(C5CC=CCC5)=CCCC4C4=CCCCC4)c4cc(-c5ccc6c(c5)c5ccccc5n6-c5ccccc5)cc2c43)CC1. The highest BCUT2D eigenvalue weighted by Crippen LogP contribution is 2.54. The molecule has 6 atom stereocenters. The molecular formula is C102H90BN5. The van der Waals surface area contributed by atoms with Crippen molar-refractivity contribution < 1.29 is 0 Å². The molecular weight excluding hydrogens is 1310 g/mol. The summed E-state index contributed by atoms with van der Waals surface area (Å²) in [5.41, 5.74) is 32.5. The minimum absolute atomic E-state index is 0.0867. The highest BCUT2D eigenvalue weighted by atomic mass is 15.2. The van der Waals surface area contributed by atoms with Gasteiger partial charge in [-0.05, 0) is 280 Å². The Morgan fingerprint density at radius 1 is 0.287 bits per heavy atom. The van der Waals surface area contributed by atoms with Crippen molar-refractivity contribution in [3.05, 3.63) is 314 Å². The number of hydrogen-bond acceptors (Lipinski definition) is 2. The molecule has 0 saturated carbocycles. The summed E-state index contributed by atoms with van der Waals surface area (Å²) in [7, 11) is 0. The van der Waals surface area contributed by atoms with Crippen molar-refractivity contribution in [1.82, 2.24) is 13.7 Å². The molecule has 108 heavy (non-hydrogen) atoms. The average Bonchev–Trinajstić information content (AvgIpc) is 1.55. The monoisotopic (exact) mass is 1400 g/mol. The molecule has 2 aliphatic heterocycles. The third-order valence-electron chi connectivity index (χ3n) is 26.8. The van der Waals surface area contributed by atoms with Crippen LogP contribution in [0.3, 0.4) is 0 Å². The van der Waals surface area contributed by atoms with Crippen molar-refractivity contribution in [1.29, 1.82) is 0 Å². The molecule has 11 aromatic carbocycles. The molecule has 14 aromatic rings. The number of allylic oxidation sites excluding steroid dienone is 8. The van der Waals surface area contributed by atoms with Crippen molar-refractivity contribution in [2.24, 2.45) is 23.7 Å². The van der Waals surface area contributed by atoms with Crippen LogP contribution in [0.1, 0.15) is 116 Å². The zero-order valence-electron chi connectivity index (χ0n) is 61.7. The lowest BCUT2D eigenvalue weighted by Gasteiger charge is -2.53. The van der Waals surface area contributed by atoms with Crippen LogP contribution in [-0.2, 0) is 0 Å². The van der Waals surface area contributed by atoms with E-state index in [9.17, 15) is 0 Å². The van der Waals surface area contributed by atoms with E-state index in [4.69, 9.17) is 0 Å². The first-order valence-electron chi connectivity index (χ1n) is 40.9. The molecule has 6 unspecified atom stereocenters. The molecule has 0 radical (unpaired) electrons. The summed E-state index contributed by atoms with van der Waals surface area (Å²) in [6.45, 7) is -0.106. The standard InChI is InChI=1S/C102H90BN5/c1-7-29-67(30-8-1)78-45-27-46-79(68-31-9-2-10-32-68)101(78)107-96-60-55-73(71-53-58-94-86(61-71)84-43-21-25-51-92(84)104(94)75-37-15-5-16-38-75)63-89(96)103-88-57-56-77(106-90-49-23-19-41-82(90)83-42-20-24-50-91(83)106)66-97(88)108(102-80(69-33-11-3-12-34-69)47-28-48-81(102)70-35-13-4-14-36-70)99-65-74(64-98(107)100(99)103)72-54-59-95-87(62-72)85-44-22-26-52-93(85)105(95)76-39-17-6-18-40-76/h1,3,5-7,11,15-26,31,35,37-45,47,49-67,69,79,81,101-102H,2,4,8-10,12-14,27-30,32-34,36,46,48H2. The van der Waals surface area contributed by atoms with Crippen LogP contribution in [0.25, 0.3) is 105 Å². The lowest BCUT2D eigenvalue weighted by molar-refractivity contribution is 0.391. The molecule has 5 heterocycles. The molecule has 526 valence electrons. The Labute approximate surface area is 634 Å². The van der Waals surface area contributed by atoms with Gasteiger partial charge in [-0.25, -0.2) is 0 Å². The van der Waals surface area contributed by atoms with Gasteiger partial charge in [0.15, 0.2) is 0 Å². The van der Waals surface area contributed by atoms with Crippen LogP contribution in [0.15, 0.2) is 314 Å². The number of aromatic nitrogens is 3. The second kappa shape index (κ2) is 26.4. The van der Waals surface area contributed by atoms with Crippen LogP contribution < -0.4 is 26.2 Å². The summed E-state index contributed by atoms with van der Waals surface area (Å²) in [6, 6.07) is 94.9. The second-order valence-corrected chi connectivity index (χ2v) is 32.5. The van der Waals surface area contributed by atoms with Gasteiger partial charge >= 0.3 is 0 Å². The predicted molar refractivity (Wildman–Crippen MR) is 457 cm³/mol. The molecule has 3 aromatic heterocycles. The minimum atomic E-state index is -0.106. The fourth-order valence-corrected chi connectivity index (χ4v) is 22.1. The Kier molecular flexibility index (Phi) is 15.7. The van der Waals surface area contributed by atoms with Gasteiger partial charge in [-0.1, -0.05) is 199 Å². The fourth-order valence-electron chi connectivity index (χ4n) is 22.1. The van der Waals surface area contributed by atoms with Gasteiger partial charge in [-0.2, -0.15) is 0 Å². The van der Waals surface area contributed by atoms with Crippen molar-refractivity contribution in [2.45, 2.75) is 128 Å². The lowest BCUT2D eigenvalue weighted by atomic mass is 9.33. The van der Waals surface area contributed by atoms with Crippen LogP contribution in [-0.4, -0.2) is 32.5 Å². The average molecular weight is 1400 g/mol. The number of benzene rings is 11. The number of anilines is 4. The van der Waals surface area contributed by atoms with Crippen LogP contribution in [0.5, 0.6) is 0 Å². The van der Waals surface area contributed by atoms with Gasteiger partial charge in [-0.15, -0.1) is 0 Å². The van der Waals surface area contributed by atoms with Crippen molar-refractivity contribution in [2.75, 3.05) is 9.80 Å². The Bertz CT molecular complexity index is 6110. The number of para-hydroxylation sites is 6. The van der Waals surface area contributed by atoms with E-state index in [0.29, 0.717) is 23.7 Å². The Hall–Kier alpha value is -11.1. The van der Waals surface area contributed by atoms with Gasteiger partial charge in [0, 0.05) is 84.0 Å². The number of nitrogens with zero attached hydrogens (tertiary/aromatic N) is 5. The summed E-state index contributed by atoms with van der Waals surface area (Å²) in [4.78, 5) is 6.13. The number of fused-ring (bicyclic) bond motifs is 13. The highest BCUT2D eigenvalue weighted by molar-refractivity contribution is 7.00. The minimum Gasteiger partial charge on any atom is -0.334 e. The predicted octanol–water partition coefficient (Wildman–Crippen LogP) is 24.9. The molecule has 5 nitrogen and oxygen atoms in total. The first kappa shape index (κ1) is 64.1. The van der Waals surface area contributed by atoms with E-state index in [0.717, 1.165) is 57.8 Å². The molecule has 0 bridgehead atoms. The first-order chi connectivity index (χ1) is 53.6. The van der Waals surface area contributed by atoms with Crippen LogP contribution >= 0.6 is 0 Å². The van der Waals surface area contributed by atoms with E-state index in [1.807, 2.05) is 0 Å². The summed E-state index contributed by atoms with van der Waals surface area (Å²) in [5, 5.41) is 7.70. The molecule has 6 heteroatoms. The smallest absolute Gasteiger partial charge is 0.252 e. The van der Waals surface area contributed by atoms with E-state index in [1.165, 1.54) is 202 Å². The topological polar surface area (TPSA) is 21.3 Å². The maximum atomic E-state index is 3.07. The van der Waals surface area contributed by atoms with E-state index >= 15 is 0 Å². The van der Waals surface area contributed by atoms with Gasteiger partial charge in [-0.3, -0.25) is 0 Å². The normalized spacial score (nSPS) is 21.3. The molecule has 8 aliphatic rings. The van der Waals surface area contributed by atoms with Crippen molar-refractivity contribution in [3.63, 3.8) is 0 Å². The van der Waals surface area contributed by atoms with Crippen molar-refractivity contribution in [3.8, 4) is 39.3 Å². The van der Waals surface area contributed by atoms with E-state index in [-0.39, 0.29) is 18.8 Å². The van der Waals surface area contributed by atoms with Gasteiger partial charge in [0.2, 0.25) is 0 Å². The van der Waals surface area contributed by atoms with Crippen LogP contribution in [0.4, 0.5) is 22.7 Å². The summed E-state index contributed by atoms with van der Waals surface area (Å²) in [6.07, 6.45) is 42.1. The Balaban J connectivity index is 0.863. The summed E-state index contributed by atoms with van der Waals surface area (Å²) < 4.78 is 7.56. The van der Waals surface area contributed by atoms with Gasteiger partial charge in [0.1, 0.15) is 0 Å². The first-order valence-corrected chi connectivity index (χ1v) is 40.9. The molecule has 0 fully saturated rings. The molecule has 0 spiro atoms. The Morgan fingerprint density at radius 3 is 1.22 bits per heavy atom. The van der Waals surface area contributed by atoms with Gasteiger partial charge < -0.3 is 23.5 Å². The van der Waals surface area contributed by atoms with Crippen LogP contribution in [0, 0.1) is 23.7 Å². The third-order valence-corrected chi connectivity index (χ3v) is 26.8. The summed E-state index contributed by atoms with van der Waals surface area (Å²) in [5.74, 6) is 1.61. The lowest BCUT2D eigenvalue weighted by Crippen LogP contribution is -2.65. The summed E-state index contributed by atoms with van der Waals surface area (Å²) >= 11 is 0. The van der Waals surface area contributed by atoms with Crippen LogP contribution in [0.2, 0.25) is 0 Å². The molecule has 6 aliphatic carbocycles. The zero-order chi connectivity index (χ0) is 70.9. The fraction of sp³-hybridized carbons (Fsp3) is 0.235. The van der Waals surface area contributed by atoms with E-state index in [1.54, 1.807) is 22.3 Å². The Morgan fingerprint density at radius 2 is 0.731 bits per heavy atom. The van der Waals surface area contributed by atoms with Crippen molar-refractivity contribution >= 4 is 111 Å². The van der Waals surface area contributed by atoms with Gasteiger partial charge in [0.05, 0.1) is 45.2 Å². The van der Waals surface area contributed by atoms with Gasteiger partial charge in [0.25, 0.3) is 6.71 Å². The molecule has 0 saturated heterocycles. The second-order valence-electron chi connectivity index (χ2n) is 32.5. The third kappa shape index (κ3) is 10.3. The molecule has 0 N–H and O–H groups in total. The maximum absolute atomic E-state index is 3.07. The van der Waals surface area contributed by atoms with E-state index < -0.39 is 0 Å². The van der Waals surface area contributed by atoms with E-state index in [2.05, 4.69) is 315 Å². The maximum Gasteiger partial charge on any atom is 0.252 e. The molecule has 22 rings (SSSR count).